The summed E-state index contributed by atoms with van der Waals surface area (Å²) in [7, 11) is 6.44. The number of aromatic nitrogens is 1. The number of rotatable bonds is 53. The standard InChI is InChI=1S/C52H82N10O10.C30H51N5O6/c1-40(64)32-56(23-15-13-21-53)46(65)34-58(25-28-63)50(69)39-62(41(2)42-17-9-8-10-18-42)51(70)37-57(24-16-14-22-54)47(66)35-59(26-29-71-6)48(67)36-60(33-43-31-55-45-20-12-11-19-44(43)45)49(68)38-61(27-30-72-7)52(3,4)5;1-24(25-12-8-7-9-13-25)32(5)21-27(38)33(15-11-10-14-31)22-28(39)34(16-18-36)23-29(40)35(17-19-41-6)20-26(37)30(2,3)4/h8-12,17-20,31,41,55,63H,13-16,21-30,32-39,53-54H2,1-7H3;7-9,12-13,24,36H,10-11,14-23,31H2,1-6H3/t41-;24-/m00/s1. The van der Waals surface area contributed by atoms with Crippen LogP contribution in [0.15, 0.2) is 91.1 Å². The maximum absolute atomic E-state index is 14.7. The second kappa shape index (κ2) is 52.7. The number of benzene rings is 3. The number of nitrogens with zero attached hydrogens (tertiary/aromatic N) is 11. The Morgan fingerprint density at radius 1 is 0.416 bits per heavy atom. The number of nitrogens with two attached hydrogens (primary N) is 3. The summed E-state index contributed by atoms with van der Waals surface area (Å²) < 4.78 is 15.8. The highest BCUT2D eigenvalue weighted by Gasteiger charge is 2.35. The number of carbonyl (C=O) groups excluding carboxylic acids is 11. The van der Waals surface area contributed by atoms with Crippen molar-refractivity contribution >= 4 is 75.6 Å². The van der Waals surface area contributed by atoms with Gasteiger partial charge in [-0.05, 0) is 130 Å². The fraction of sp³-hybridized carbons (Fsp3) is 0.622. The van der Waals surface area contributed by atoms with Gasteiger partial charge in [0.1, 0.15) is 18.9 Å². The molecule has 0 unspecified atom stereocenters. The van der Waals surface area contributed by atoms with E-state index in [1.54, 1.807) is 46.9 Å². The molecule has 31 heteroatoms. The lowest BCUT2D eigenvalue weighted by molar-refractivity contribution is -0.149. The first-order chi connectivity index (χ1) is 53.7. The van der Waals surface area contributed by atoms with E-state index in [0.29, 0.717) is 83.4 Å². The van der Waals surface area contributed by atoms with Crippen molar-refractivity contribution in [3.8, 4) is 0 Å². The molecule has 1 heterocycles. The van der Waals surface area contributed by atoms with Crippen LogP contribution < -0.4 is 17.2 Å². The third kappa shape index (κ3) is 35.8. The van der Waals surface area contributed by atoms with E-state index in [-0.39, 0.29) is 141 Å². The lowest BCUT2D eigenvalue weighted by Crippen LogP contribution is -2.53. The molecule has 9 N–H and O–H groups in total. The average molecular weight is 1590 g/mol. The number of H-pyrrole nitrogens is 1. The van der Waals surface area contributed by atoms with Gasteiger partial charge in [-0.1, -0.05) is 99.6 Å². The first-order valence-electron chi connectivity index (χ1n) is 39.2. The number of ether oxygens (including phenoxy) is 3. The van der Waals surface area contributed by atoms with Crippen LogP contribution >= 0.6 is 0 Å². The third-order valence-corrected chi connectivity index (χ3v) is 19.5. The van der Waals surface area contributed by atoms with Crippen LogP contribution in [-0.4, -0.2) is 345 Å². The van der Waals surface area contributed by atoms with Gasteiger partial charge in [0.05, 0.1) is 98.0 Å². The fourth-order valence-corrected chi connectivity index (χ4v) is 12.1. The van der Waals surface area contributed by atoms with Crippen molar-refractivity contribution in [2.75, 3.05) is 205 Å². The predicted octanol–water partition coefficient (Wildman–Crippen LogP) is 3.01. The lowest BCUT2D eigenvalue weighted by atomic mass is 9.90. The minimum absolute atomic E-state index is 0.00144. The summed E-state index contributed by atoms with van der Waals surface area (Å²) in [5, 5.41) is 20.6. The number of unbranched alkanes of at least 4 members (excludes halogenated alkanes) is 3. The zero-order valence-electron chi connectivity index (χ0n) is 69.6. The molecule has 0 bridgehead atoms. The van der Waals surface area contributed by atoms with Crippen molar-refractivity contribution in [1.29, 1.82) is 0 Å². The first-order valence-corrected chi connectivity index (χ1v) is 39.2. The van der Waals surface area contributed by atoms with Crippen molar-refractivity contribution in [2.45, 2.75) is 125 Å². The highest BCUT2D eigenvalue weighted by atomic mass is 16.5. The SMILES string of the molecule is COCCN(CC(=O)C(C)(C)C)C(=O)CN(CCO)C(=O)CN(CCCCN)C(=O)CN(C)[C@@H](C)c1ccccc1.COCCN(CC(=O)N(CCCCN)CC(=O)N(CC(=O)N(CCO)CC(=O)N(CCCCN)CC(C)=O)[C@@H](C)c1ccccc1)C(=O)CN(Cc1c[nH]c2ccccc12)C(=O)CN(CCOC)C(C)(C)C. The van der Waals surface area contributed by atoms with Gasteiger partial charge in [-0.25, -0.2) is 0 Å². The molecular weight excluding hydrogens is 1450 g/mol. The second-order valence-corrected chi connectivity index (χ2v) is 30.3. The maximum Gasteiger partial charge on any atom is 0.243 e. The highest BCUT2D eigenvalue weighted by Crippen LogP contribution is 2.25. The number of Topliss-reactive ketones (excluding diaryl/α,β-unsaturated/α-hetero) is 2. The number of aromatic amines is 1. The molecule has 4 rings (SSSR count). The topological polar surface area (TPSA) is 385 Å². The van der Waals surface area contributed by atoms with E-state index in [4.69, 9.17) is 31.4 Å². The number of likely N-dealkylation sites (N-methyl/N-ethyl adjacent to an activating group) is 1. The summed E-state index contributed by atoms with van der Waals surface area (Å²) in [6.07, 6.45) is 5.29. The maximum atomic E-state index is 14.7. The zero-order valence-corrected chi connectivity index (χ0v) is 69.6. The fourth-order valence-electron chi connectivity index (χ4n) is 12.1. The van der Waals surface area contributed by atoms with Gasteiger partial charge in [-0.3, -0.25) is 62.5 Å². The van der Waals surface area contributed by atoms with Crippen molar-refractivity contribution < 1.29 is 77.2 Å². The number of aliphatic hydroxyl groups excluding tert-OH is 2. The molecule has 0 spiro atoms. The molecule has 0 aliphatic heterocycles. The van der Waals surface area contributed by atoms with Gasteiger partial charge >= 0.3 is 0 Å². The van der Waals surface area contributed by atoms with E-state index >= 15 is 0 Å². The molecule has 31 nitrogen and oxygen atoms in total. The van der Waals surface area contributed by atoms with Gasteiger partial charge in [-0.15, -0.1) is 0 Å². The molecule has 0 aliphatic carbocycles. The summed E-state index contributed by atoms with van der Waals surface area (Å²) in [5.41, 5.74) is 19.6. The van der Waals surface area contributed by atoms with Crippen LogP contribution in [0.25, 0.3) is 10.9 Å². The normalized spacial score (nSPS) is 12.0. The molecule has 4 aromatic rings. The quantitative estimate of drug-likeness (QED) is 0.0346. The number of aliphatic hydroxyl groups is 2. The molecule has 113 heavy (non-hydrogen) atoms. The van der Waals surface area contributed by atoms with Gasteiger partial charge in [0.25, 0.3) is 0 Å². The van der Waals surface area contributed by atoms with Crippen molar-refractivity contribution in [3.05, 3.63) is 108 Å². The van der Waals surface area contributed by atoms with Gasteiger partial charge in [-0.2, -0.15) is 0 Å². The molecule has 0 fully saturated rings. The molecule has 2 atom stereocenters. The van der Waals surface area contributed by atoms with Crippen molar-refractivity contribution in [1.82, 2.24) is 58.9 Å². The minimum Gasteiger partial charge on any atom is -0.395 e. The Balaban J connectivity index is 0.000000683. The van der Waals surface area contributed by atoms with Crippen LogP contribution in [0.3, 0.4) is 0 Å². The largest absolute Gasteiger partial charge is 0.395 e. The minimum atomic E-state index is -0.690. The Kier molecular flexibility index (Phi) is 46.0. The Bertz CT molecular complexity index is 3540. The summed E-state index contributed by atoms with van der Waals surface area (Å²) in [5.74, 6) is -4.54. The summed E-state index contributed by atoms with van der Waals surface area (Å²) in [4.78, 5) is 170. The van der Waals surface area contributed by atoms with Gasteiger partial charge < -0.3 is 90.7 Å². The number of ketones is 2. The smallest absolute Gasteiger partial charge is 0.243 e. The monoisotopic (exact) mass is 1580 g/mol. The van der Waals surface area contributed by atoms with Crippen LogP contribution in [0.4, 0.5) is 0 Å². The average Bonchev–Trinajstić information content (AvgIpc) is 1.76. The van der Waals surface area contributed by atoms with E-state index < -0.39 is 91.1 Å². The Labute approximate surface area is 669 Å². The molecule has 0 aliphatic rings. The number of para-hydroxylation sites is 1. The Hall–Kier alpha value is -8.63. The van der Waals surface area contributed by atoms with Crippen LogP contribution in [0.1, 0.15) is 130 Å². The number of carbonyl (C=O) groups is 11. The van der Waals surface area contributed by atoms with Crippen LogP contribution in [-0.2, 0) is 73.5 Å². The number of hydrogen-bond donors (Lipinski definition) is 6. The second-order valence-electron chi connectivity index (χ2n) is 30.3. The van der Waals surface area contributed by atoms with Crippen molar-refractivity contribution in [3.63, 3.8) is 0 Å². The first kappa shape index (κ1) is 98.6. The highest BCUT2D eigenvalue weighted by molar-refractivity contribution is 5.95. The van der Waals surface area contributed by atoms with E-state index in [0.717, 1.165) is 26.9 Å². The van der Waals surface area contributed by atoms with Gasteiger partial charge in [0.15, 0.2) is 5.78 Å². The molecule has 1 aromatic heterocycles. The van der Waals surface area contributed by atoms with Crippen LogP contribution in [0.5, 0.6) is 0 Å². The molecule has 3 aromatic carbocycles. The van der Waals surface area contributed by atoms with Gasteiger partial charge in [0.2, 0.25) is 53.2 Å². The third-order valence-electron chi connectivity index (χ3n) is 19.5. The predicted molar refractivity (Wildman–Crippen MR) is 435 cm³/mol. The van der Waals surface area contributed by atoms with Crippen LogP contribution in [0, 0.1) is 5.41 Å². The summed E-state index contributed by atoms with van der Waals surface area (Å²) >= 11 is 0. The lowest BCUT2D eigenvalue weighted by Gasteiger charge is -2.37. The molecular formula is C82H133N15O16. The molecule has 9 amide bonds. The Morgan fingerprint density at radius 2 is 0.779 bits per heavy atom. The molecule has 0 saturated carbocycles. The molecule has 632 valence electrons. The number of fused-ring (bicyclic) bond motifs is 1. The van der Waals surface area contributed by atoms with Gasteiger partial charge in [0, 0.05) is 114 Å². The number of nitrogens with one attached hydrogen (secondary N) is 1. The van der Waals surface area contributed by atoms with Crippen molar-refractivity contribution in [2.24, 2.45) is 22.6 Å². The summed E-state index contributed by atoms with van der Waals surface area (Å²) in [6, 6.07) is 25.8. The molecule has 0 radical (unpaired) electrons. The zero-order chi connectivity index (χ0) is 84.2. The van der Waals surface area contributed by atoms with E-state index in [1.165, 1.54) is 60.3 Å². The number of amides is 9. The summed E-state index contributed by atoms with van der Waals surface area (Å²) in [6.45, 7) is 15.8. The molecule has 0 saturated heterocycles. The number of hydrogen-bond acceptors (Lipinski definition) is 21. The number of methoxy groups -OCH3 is 3. The van der Waals surface area contributed by atoms with E-state index in [2.05, 4.69) is 4.98 Å². The van der Waals surface area contributed by atoms with E-state index in [1.807, 2.05) is 124 Å². The van der Waals surface area contributed by atoms with E-state index in [9.17, 15) is 63.0 Å². The van der Waals surface area contributed by atoms with Crippen LogP contribution in [0.2, 0.25) is 0 Å². The Morgan fingerprint density at radius 3 is 1.20 bits per heavy atom.